The van der Waals surface area contributed by atoms with E-state index in [2.05, 4.69) is 50.2 Å². The number of fused-ring (bicyclic) bond motifs is 2. The maximum atomic E-state index is 5.93. The van der Waals surface area contributed by atoms with Crippen molar-refractivity contribution in [3.63, 3.8) is 0 Å². The van der Waals surface area contributed by atoms with Crippen LogP contribution in [0.2, 0.25) is 0 Å². The van der Waals surface area contributed by atoms with Crippen LogP contribution in [0.4, 0.5) is 0 Å². The van der Waals surface area contributed by atoms with Gasteiger partial charge in [-0.3, -0.25) is 4.99 Å². The molecule has 2 bridgehead atoms. The lowest BCUT2D eigenvalue weighted by Gasteiger charge is -2.24. The number of ether oxygens (including phenoxy) is 1. The van der Waals surface area contributed by atoms with Gasteiger partial charge in [0.15, 0.2) is 5.96 Å². The van der Waals surface area contributed by atoms with Gasteiger partial charge >= 0.3 is 0 Å². The zero-order valence-corrected chi connectivity index (χ0v) is 15.9. The molecular formula is C20H31N3O. The second-order valence-corrected chi connectivity index (χ2v) is 7.39. The quantitative estimate of drug-likeness (QED) is 0.661. The van der Waals surface area contributed by atoms with Gasteiger partial charge in [-0.2, -0.15) is 0 Å². The predicted octanol–water partition coefficient (Wildman–Crippen LogP) is 3.21. The molecule has 1 aromatic rings. The Hall–Kier alpha value is -1.55. The normalized spacial score (nSPS) is 26.1. The molecule has 0 amide bonds. The number of hydrogen-bond acceptors (Lipinski definition) is 2. The summed E-state index contributed by atoms with van der Waals surface area (Å²) in [6, 6.07) is 0.402. The molecule has 2 N–H and O–H groups in total. The van der Waals surface area contributed by atoms with Crippen LogP contribution in [0.15, 0.2) is 4.99 Å². The molecule has 3 rings (SSSR count). The summed E-state index contributed by atoms with van der Waals surface area (Å²) in [5, 5.41) is 7.07. The first kappa shape index (κ1) is 17.3. The third kappa shape index (κ3) is 3.04. The Labute approximate surface area is 146 Å². The molecule has 2 heterocycles. The van der Waals surface area contributed by atoms with Crippen molar-refractivity contribution >= 4 is 5.96 Å². The lowest BCUT2D eigenvalue weighted by Crippen LogP contribution is -2.47. The van der Waals surface area contributed by atoms with Gasteiger partial charge in [0.2, 0.25) is 0 Å². The van der Waals surface area contributed by atoms with Crippen molar-refractivity contribution in [1.29, 1.82) is 0 Å². The number of rotatable bonds is 3. The van der Waals surface area contributed by atoms with Crippen LogP contribution in [0, 0.1) is 34.6 Å². The van der Waals surface area contributed by atoms with Gasteiger partial charge in [0, 0.05) is 13.6 Å². The van der Waals surface area contributed by atoms with Crippen molar-refractivity contribution in [2.45, 2.75) is 78.7 Å². The van der Waals surface area contributed by atoms with Gasteiger partial charge in [-0.05, 0) is 87.3 Å². The molecule has 2 fully saturated rings. The third-order valence-corrected chi connectivity index (χ3v) is 6.24. The Balaban J connectivity index is 1.68. The summed E-state index contributed by atoms with van der Waals surface area (Å²) in [4.78, 5) is 4.41. The van der Waals surface area contributed by atoms with E-state index in [-0.39, 0.29) is 0 Å². The topological polar surface area (TPSA) is 45.7 Å². The fraction of sp³-hybridized carbons (Fsp3) is 0.650. The van der Waals surface area contributed by atoms with Gasteiger partial charge in [-0.15, -0.1) is 0 Å². The summed E-state index contributed by atoms with van der Waals surface area (Å²) in [7, 11) is 1.84. The summed E-state index contributed by atoms with van der Waals surface area (Å²) in [6.45, 7) is 11.9. The van der Waals surface area contributed by atoms with Crippen molar-refractivity contribution in [2.24, 2.45) is 4.99 Å². The molecule has 4 nitrogen and oxygen atoms in total. The molecule has 0 saturated carbocycles. The van der Waals surface area contributed by atoms with Crippen molar-refractivity contribution in [2.75, 3.05) is 7.05 Å². The molecular weight excluding hydrogens is 298 g/mol. The molecule has 0 aromatic heterocycles. The maximum absolute atomic E-state index is 5.93. The van der Waals surface area contributed by atoms with E-state index in [1.807, 2.05) is 7.05 Å². The number of benzene rings is 1. The lowest BCUT2D eigenvalue weighted by molar-refractivity contribution is 0.0992. The molecule has 3 unspecified atom stereocenters. The van der Waals surface area contributed by atoms with E-state index in [1.54, 1.807) is 0 Å². The summed E-state index contributed by atoms with van der Waals surface area (Å²) in [5.74, 6) is 0.880. The predicted molar refractivity (Wildman–Crippen MR) is 99.8 cm³/mol. The Bertz CT molecular complexity index is 636. The zero-order chi connectivity index (χ0) is 17.4. The summed E-state index contributed by atoms with van der Waals surface area (Å²) >= 11 is 0. The van der Waals surface area contributed by atoms with Crippen LogP contribution in [-0.2, 0) is 11.3 Å². The van der Waals surface area contributed by atoms with Crippen LogP contribution in [0.3, 0.4) is 0 Å². The number of nitrogens with one attached hydrogen (secondary N) is 2. The monoisotopic (exact) mass is 329 g/mol. The van der Waals surface area contributed by atoms with Crippen molar-refractivity contribution in [3.8, 4) is 0 Å². The van der Waals surface area contributed by atoms with Gasteiger partial charge < -0.3 is 15.4 Å². The van der Waals surface area contributed by atoms with Crippen LogP contribution in [0.25, 0.3) is 0 Å². The van der Waals surface area contributed by atoms with Crippen LogP contribution in [0.1, 0.15) is 52.6 Å². The minimum atomic E-state index is 0.362. The average Bonchev–Trinajstić information content (AvgIpc) is 3.20. The highest BCUT2D eigenvalue weighted by Gasteiger charge is 2.41. The van der Waals surface area contributed by atoms with E-state index in [1.165, 1.54) is 46.2 Å². The number of hydrogen-bond donors (Lipinski definition) is 2. The Kier molecular flexibility index (Phi) is 4.86. The number of aliphatic imine (C=N–C) groups is 1. The standard InChI is InChI=1S/C20H31N3O/c1-11-12(2)14(4)17(15(5)13(11)3)10-22-20(21-6)23-18-9-16-7-8-19(18)24-16/h16,18-19H,7-10H2,1-6H3,(H2,21,22,23). The molecule has 2 aliphatic rings. The first-order valence-corrected chi connectivity index (χ1v) is 9.10. The van der Waals surface area contributed by atoms with Crippen LogP contribution < -0.4 is 10.6 Å². The highest BCUT2D eigenvalue weighted by atomic mass is 16.5. The van der Waals surface area contributed by atoms with Crippen molar-refractivity contribution < 1.29 is 4.74 Å². The third-order valence-electron chi connectivity index (χ3n) is 6.24. The second kappa shape index (κ2) is 6.75. The summed E-state index contributed by atoms with van der Waals surface area (Å²) in [5.41, 5.74) is 8.39. The lowest BCUT2D eigenvalue weighted by atomic mass is 9.89. The Morgan fingerprint density at radius 1 is 1.00 bits per heavy atom. The Morgan fingerprint density at radius 2 is 1.62 bits per heavy atom. The minimum Gasteiger partial charge on any atom is -0.373 e. The summed E-state index contributed by atoms with van der Waals surface area (Å²) in [6.07, 6.45) is 4.31. The molecule has 4 heteroatoms. The fourth-order valence-corrected chi connectivity index (χ4v) is 4.17. The van der Waals surface area contributed by atoms with Gasteiger partial charge in [0.05, 0.1) is 18.2 Å². The summed E-state index contributed by atoms with van der Waals surface area (Å²) < 4.78 is 5.93. The SMILES string of the molecule is CN=C(NCc1c(C)c(C)c(C)c(C)c1C)NC1CC2CCC1O2. The second-order valence-electron chi connectivity index (χ2n) is 7.39. The number of nitrogens with zero attached hydrogens (tertiary/aromatic N) is 1. The van der Waals surface area contributed by atoms with Crippen LogP contribution in [0.5, 0.6) is 0 Å². The first-order chi connectivity index (χ1) is 11.4. The van der Waals surface area contributed by atoms with Gasteiger partial charge in [-0.1, -0.05) is 0 Å². The molecule has 0 aliphatic carbocycles. The van der Waals surface area contributed by atoms with E-state index in [9.17, 15) is 0 Å². The number of guanidine groups is 1. The van der Waals surface area contributed by atoms with Gasteiger partial charge in [0.1, 0.15) is 0 Å². The molecule has 2 saturated heterocycles. The first-order valence-electron chi connectivity index (χ1n) is 9.10. The van der Waals surface area contributed by atoms with E-state index in [0.717, 1.165) is 18.9 Å². The van der Waals surface area contributed by atoms with Gasteiger partial charge in [0.25, 0.3) is 0 Å². The fourth-order valence-electron chi connectivity index (χ4n) is 4.17. The smallest absolute Gasteiger partial charge is 0.191 e. The van der Waals surface area contributed by atoms with Crippen LogP contribution >= 0.6 is 0 Å². The molecule has 0 spiro atoms. The van der Waals surface area contributed by atoms with Crippen molar-refractivity contribution in [3.05, 3.63) is 33.4 Å². The molecule has 1 aromatic carbocycles. The van der Waals surface area contributed by atoms with E-state index in [0.29, 0.717) is 18.2 Å². The van der Waals surface area contributed by atoms with E-state index < -0.39 is 0 Å². The molecule has 24 heavy (non-hydrogen) atoms. The molecule has 2 aliphatic heterocycles. The maximum Gasteiger partial charge on any atom is 0.191 e. The molecule has 0 radical (unpaired) electrons. The van der Waals surface area contributed by atoms with Crippen LogP contribution in [-0.4, -0.2) is 31.3 Å². The van der Waals surface area contributed by atoms with E-state index >= 15 is 0 Å². The van der Waals surface area contributed by atoms with Crippen molar-refractivity contribution in [1.82, 2.24) is 10.6 Å². The van der Waals surface area contributed by atoms with E-state index in [4.69, 9.17) is 4.74 Å². The minimum absolute atomic E-state index is 0.362. The molecule has 3 atom stereocenters. The Morgan fingerprint density at radius 3 is 2.12 bits per heavy atom. The molecule has 132 valence electrons. The average molecular weight is 329 g/mol. The highest BCUT2D eigenvalue weighted by molar-refractivity contribution is 5.80. The highest BCUT2D eigenvalue weighted by Crippen LogP contribution is 2.34. The van der Waals surface area contributed by atoms with Gasteiger partial charge in [-0.25, -0.2) is 0 Å². The largest absolute Gasteiger partial charge is 0.373 e. The zero-order valence-electron chi connectivity index (χ0n) is 15.9.